The van der Waals surface area contributed by atoms with Crippen LogP contribution in [-0.4, -0.2) is 32.9 Å². The smallest absolute Gasteiger partial charge is 0.277 e. The highest BCUT2D eigenvalue weighted by Gasteiger charge is 2.04. The van der Waals surface area contributed by atoms with Gasteiger partial charge in [-0.3, -0.25) is 4.79 Å². The van der Waals surface area contributed by atoms with Crippen molar-refractivity contribution < 1.29 is 19.0 Å². The van der Waals surface area contributed by atoms with E-state index in [1.807, 2.05) is 12.1 Å². The van der Waals surface area contributed by atoms with Crippen molar-refractivity contribution in [3.63, 3.8) is 0 Å². The molecule has 0 radical (unpaired) electrons. The summed E-state index contributed by atoms with van der Waals surface area (Å²) in [6, 6.07) is 12.5. The fourth-order valence-electron chi connectivity index (χ4n) is 1.82. The van der Waals surface area contributed by atoms with Gasteiger partial charge in [-0.2, -0.15) is 5.10 Å². The first-order valence-electron chi connectivity index (χ1n) is 7.04. The van der Waals surface area contributed by atoms with E-state index in [2.05, 4.69) is 26.5 Å². The summed E-state index contributed by atoms with van der Waals surface area (Å²) in [5.41, 5.74) is 3.17. The molecule has 0 atom stereocenters. The Morgan fingerprint density at radius 2 is 1.83 bits per heavy atom. The van der Waals surface area contributed by atoms with Gasteiger partial charge in [0.1, 0.15) is 5.75 Å². The molecule has 7 heteroatoms. The standard InChI is InChI=1S/C17H17BrN2O4/c1-22-15-8-3-12(9-16(15)23-2)10-19-20-17(21)11-24-14-6-4-13(18)5-7-14/h3-10H,11H2,1-2H3,(H,20,21)/b19-10-. The van der Waals surface area contributed by atoms with Gasteiger partial charge in [-0.05, 0) is 48.0 Å². The van der Waals surface area contributed by atoms with Crippen LogP contribution < -0.4 is 19.6 Å². The van der Waals surface area contributed by atoms with Crippen LogP contribution in [-0.2, 0) is 4.79 Å². The van der Waals surface area contributed by atoms with E-state index in [-0.39, 0.29) is 12.5 Å². The van der Waals surface area contributed by atoms with Crippen molar-refractivity contribution in [2.45, 2.75) is 0 Å². The number of ether oxygens (including phenoxy) is 3. The Morgan fingerprint density at radius 1 is 1.12 bits per heavy atom. The molecule has 1 N–H and O–H groups in total. The summed E-state index contributed by atoms with van der Waals surface area (Å²) < 4.78 is 16.7. The zero-order chi connectivity index (χ0) is 17.4. The number of hydrogen-bond donors (Lipinski definition) is 1. The van der Waals surface area contributed by atoms with Crippen LogP contribution in [0.25, 0.3) is 0 Å². The molecule has 0 aromatic heterocycles. The predicted octanol–water partition coefficient (Wildman–Crippen LogP) is 3.00. The van der Waals surface area contributed by atoms with Crippen LogP contribution in [0.5, 0.6) is 17.2 Å². The SMILES string of the molecule is COc1ccc(/C=N\NC(=O)COc2ccc(Br)cc2)cc1OC. The van der Waals surface area contributed by atoms with Crippen molar-refractivity contribution >= 4 is 28.1 Å². The molecule has 1 amide bonds. The molecule has 0 bridgehead atoms. The molecule has 0 saturated carbocycles. The molecule has 0 saturated heterocycles. The Bertz CT molecular complexity index is 717. The van der Waals surface area contributed by atoms with Crippen molar-refractivity contribution in [2.75, 3.05) is 20.8 Å². The van der Waals surface area contributed by atoms with Crippen molar-refractivity contribution in [2.24, 2.45) is 5.10 Å². The molecule has 6 nitrogen and oxygen atoms in total. The van der Waals surface area contributed by atoms with Crippen molar-refractivity contribution in [3.8, 4) is 17.2 Å². The maximum atomic E-state index is 11.7. The number of carbonyl (C=O) groups excluding carboxylic acids is 1. The van der Waals surface area contributed by atoms with Crippen LogP contribution in [0.4, 0.5) is 0 Å². The number of halogens is 1. The number of nitrogens with zero attached hydrogens (tertiary/aromatic N) is 1. The van der Waals surface area contributed by atoms with E-state index in [0.717, 1.165) is 10.0 Å². The highest BCUT2D eigenvalue weighted by atomic mass is 79.9. The Morgan fingerprint density at radius 3 is 2.50 bits per heavy atom. The van der Waals surface area contributed by atoms with Gasteiger partial charge in [0.2, 0.25) is 0 Å². The molecule has 0 aliphatic heterocycles. The average Bonchev–Trinajstić information content (AvgIpc) is 2.61. The molecule has 0 aliphatic carbocycles. The monoisotopic (exact) mass is 392 g/mol. The third-order valence-corrected chi connectivity index (χ3v) is 3.52. The number of hydrazone groups is 1. The van der Waals surface area contributed by atoms with Gasteiger partial charge in [0.15, 0.2) is 18.1 Å². The lowest BCUT2D eigenvalue weighted by atomic mass is 10.2. The first-order valence-corrected chi connectivity index (χ1v) is 7.84. The van der Waals surface area contributed by atoms with E-state index in [9.17, 15) is 4.79 Å². The fourth-order valence-corrected chi connectivity index (χ4v) is 2.09. The Labute approximate surface area is 148 Å². The highest BCUT2D eigenvalue weighted by Crippen LogP contribution is 2.26. The van der Waals surface area contributed by atoms with Gasteiger partial charge < -0.3 is 14.2 Å². The number of hydrogen-bond acceptors (Lipinski definition) is 5. The fraction of sp³-hybridized carbons (Fsp3) is 0.176. The first-order chi connectivity index (χ1) is 11.6. The summed E-state index contributed by atoms with van der Waals surface area (Å²) in [6.07, 6.45) is 1.51. The molecule has 24 heavy (non-hydrogen) atoms. The Kier molecular flexibility index (Phi) is 6.62. The zero-order valence-electron chi connectivity index (χ0n) is 13.3. The number of benzene rings is 2. The van der Waals surface area contributed by atoms with Gasteiger partial charge in [0.05, 0.1) is 20.4 Å². The van der Waals surface area contributed by atoms with E-state index in [1.54, 1.807) is 44.6 Å². The number of amides is 1. The topological polar surface area (TPSA) is 69.2 Å². The predicted molar refractivity (Wildman–Crippen MR) is 94.9 cm³/mol. The molecular formula is C17H17BrN2O4. The molecule has 0 aliphatic rings. The highest BCUT2D eigenvalue weighted by molar-refractivity contribution is 9.10. The summed E-state index contributed by atoms with van der Waals surface area (Å²) in [6.45, 7) is -0.120. The van der Waals surface area contributed by atoms with Crippen LogP contribution in [0.15, 0.2) is 52.0 Å². The Balaban J connectivity index is 1.84. The largest absolute Gasteiger partial charge is 0.493 e. The molecule has 126 valence electrons. The second kappa shape index (κ2) is 8.93. The van der Waals surface area contributed by atoms with Gasteiger partial charge in [-0.25, -0.2) is 5.43 Å². The van der Waals surface area contributed by atoms with E-state index in [1.165, 1.54) is 6.21 Å². The van der Waals surface area contributed by atoms with Gasteiger partial charge in [0, 0.05) is 4.47 Å². The van der Waals surface area contributed by atoms with E-state index in [4.69, 9.17) is 14.2 Å². The molecule has 0 spiro atoms. The minimum Gasteiger partial charge on any atom is -0.493 e. The van der Waals surface area contributed by atoms with Gasteiger partial charge >= 0.3 is 0 Å². The number of methoxy groups -OCH3 is 2. The van der Waals surface area contributed by atoms with Crippen LogP contribution in [0.1, 0.15) is 5.56 Å². The summed E-state index contributed by atoms with van der Waals surface area (Å²) in [5.74, 6) is 1.47. The van der Waals surface area contributed by atoms with E-state index >= 15 is 0 Å². The third kappa shape index (κ3) is 5.27. The molecular weight excluding hydrogens is 376 g/mol. The second-order valence-electron chi connectivity index (χ2n) is 4.65. The molecule has 2 rings (SSSR count). The van der Waals surface area contributed by atoms with Gasteiger partial charge in [-0.15, -0.1) is 0 Å². The van der Waals surface area contributed by atoms with Crippen LogP contribution >= 0.6 is 15.9 Å². The normalized spacial score (nSPS) is 10.5. The quantitative estimate of drug-likeness (QED) is 0.580. The molecule has 2 aromatic rings. The third-order valence-electron chi connectivity index (χ3n) is 2.99. The molecule has 2 aromatic carbocycles. The van der Waals surface area contributed by atoms with Gasteiger partial charge in [0.25, 0.3) is 5.91 Å². The summed E-state index contributed by atoms with van der Waals surface area (Å²) in [7, 11) is 3.12. The Hall–Kier alpha value is -2.54. The number of rotatable bonds is 7. The summed E-state index contributed by atoms with van der Waals surface area (Å²) in [4.78, 5) is 11.7. The molecule has 0 heterocycles. The van der Waals surface area contributed by atoms with Crippen molar-refractivity contribution in [1.29, 1.82) is 0 Å². The summed E-state index contributed by atoms with van der Waals surface area (Å²) in [5, 5.41) is 3.89. The number of nitrogens with one attached hydrogen (secondary N) is 1. The van der Waals surface area contributed by atoms with Crippen LogP contribution in [0.3, 0.4) is 0 Å². The lowest BCUT2D eigenvalue weighted by Gasteiger charge is -2.07. The van der Waals surface area contributed by atoms with E-state index in [0.29, 0.717) is 17.2 Å². The van der Waals surface area contributed by atoms with Gasteiger partial charge in [-0.1, -0.05) is 15.9 Å². The van der Waals surface area contributed by atoms with Crippen molar-refractivity contribution in [3.05, 3.63) is 52.5 Å². The second-order valence-corrected chi connectivity index (χ2v) is 5.57. The summed E-state index contributed by atoms with van der Waals surface area (Å²) >= 11 is 3.33. The molecule has 0 fully saturated rings. The average molecular weight is 393 g/mol. The number of carbonyl (C=O) groups is 1. The van der Waals surface area contributed by atoms with Crippen molar-refractivity contribution in [1.82, 2.24) is 5.43 Å². The van der Waals surface area contributed by atoms with Crippen LogP contribution in [0, 0.1) is 0 Å². The maximum absolute atomic E-state index is 11.7. The lowest BCUT2D eigenvalue weighted by molar-refractivity contribution is -0.123. The van der Waals surface area contributed by atoms with Crippen LogP contribution in [0.2, 0.25) is 0 Å². The minimum absolute atomic E-state index is 0.120. The lowest BCUT2D eigenvalue weighted by Crippen LogP contribution is -2.24. The molecule has 0 unspecified atom stereocenters. The maximum Gasteiger partial charge on any atom is 0.277 e. The van der Waals surface area contributed by atoms with E-state index < -0.39 is 0 Å². The zero-order valence-corrected chi connectivity index (χ0v) is 14.9. The minimum atomic E-state index is -0.352. The first kappa shape index (κ1) is 17.8.